The third-order valence-corrected chi connectivity index (χ3v) is 3.36. The molecule has 114 valence electrons. The summed E-state index contributed by atoms with van der Waals surface area (Å²) in [5.41, 5.74) is 0.985. The number of likely N-dealkylation sites (N-methyl/N-ethyl adjacent to an activating group) is 1. The standard InChI is InChI=1S/C15H19ClN2O3/c1-15(2,3)21-14(20)18-8-10-5-6-11(16)7-12(10)17(4)13(19)9-18/h5-7H,8-9H2,1-4H3. The Balaban J connectivity index is 2.31. The van der Waals surface area contributed by atoms with E-state index in [0.29, 0.717) is 11.6 Å². The molecule has 21 heavy (non-hydrogen) atoms. The van der Waals surface area contributed by atoms with E-state index in [1.165, 1.54) is 9.80 Å². The van der Waals surface area contributed by atoms with Crippen molar-refractivity contribution in [3.05, 3.63) is 28.8 Å². The van der Waals surface area contributed by atoms with Crippen molar-refractivity contribution < 1.29 is 14.3 Å². The third kappa shape index (κ3) is 3.67. The number of amides is 2. The van der Waals surface area contributed by atoms with Crippen LogP contribution in [0.15, 0.2) is 18.2 Å². The molecule has 0 fully saturated rings. The first-order valence-corrected chi connectivity index (χ1v) is 7.08. The number of benzene rings is 1. The lowest BCUT2D eigenvalue weighted by Crippen LogP contribution is -2.41. The molecule has 0 bridgehead atoms. The van der Waals surface area contributed by atoms with Gasteiger partial charge in [0, 0.05) is 17.8 Å². The van der Waals surface area contributed by atoms with Crippen LogP contribution in [0.5, 0.6) is 0 Å². The highest BCUT2D eigenvalue weighted by molar-refractivity contribution is 6.31. The quantitative estimate of drug-likeness (QED) is 0.740. The molecule has 1 heterocycles. The first kappa shape index (κ1) is 15.6. The van der Waals surface area contributed by atoms with E-state index in [-0.39, 0.29) is 12.5 Å². The molecular formula is C15H19ClN2O3. The normalized spacial score (nSPS) is 15.6. The van der Waals surface area contributed by atoms with Crippen LogP contribution in [0.3, 0.4) is 0 Å². The number of rotatable bonds is 0. The molecule has 5 nitrogen and oxygen atoms in total. The minimum Gasteiger partial charge on any atom is -0.444 e. The molecule has 0 unspecified atom stereocenters. The van der Waals surface area contributed by atoms with Crippen LogP contribution in [0.25, 0.3) is 0 Å². The van der Waals surface area contributed by atoms with Crippen LogP contribution in [-0.2, 0) is 16.1 Å². The lowest BCUT2D eigenvalue weighted by molar-refractivity contribution is -0.119. The van der Waals surface area contributed by atoms with Gasteiger partial charge in [-0.05, 0) is 38.5 Å². The molecule has 0 spiro atoms. The number of fused-ring (bicyclic) bond motifs is 1. The van der Waals surface area contributed by atoms with Crippen molar-refractivity contribution in [1.29, 1.82) is 0 Å². The summed E-state index contributed by atoms with van der Waals surface area (Å²) in [5, 5.41) is 0.555. The van der Waals surface area contributed by atoms with Crippen LogP contribution < -0.4 is 4.90 Å². The number of ether oxygens (including phenoxy) is 1. The second-order valence-corrected chi connectivity index (χ2v) is 6.50. The molecule has 2 amide bonds. The second kappa shape index (κ2) is 5.56. The van der Waals surface area contributed by atoms with Gasteiger partial charge in [0.05, 0.1) is 6.54 Å². The first-order chi connectivity index (χ1) is 9.67. The molecule has 1 aliphatic heterocycles. The maximum atomic E-state index is 12.2. The lowest BCUT2D eigenvalue weighted by Gasteiger charge is -2.26. The van der Waals surface area contributed by atoms with E-state index in [4.69, 9.17) is 16.3 Å². The molecule has 1 aromatic rings. The highest BCUT2D eigenvalue weighted by Crippen LogP contribution is 2.28. The summed E-state index contributed by atoms with van der Waals surface area (Å²) < 4.78 is 5.35. The summed E-state index contributed by atoms with van der Waals surface area (Å²) in [6.07, 6.45) is -0.493. The van der Waals surface area contributed by atoms with Gasteiger partial charge in [-0.2, -0.15) is 0 Å². The van der Waals surface area contributed by atoms with Gasteiger partial charge in [0.15, 0.2) is 0 Å². The Hall–Kier alpha value is -1.75. The Morgan fingerprint density at radius 3 is 2.57 bits per heavy atom. The van der Waals surface area contributed by atoms with Gasteiger partial charge in [-0.3, -0.25) is 9.69 Å². The van der Waals surface area contributed by atoms with Gasteiger partial charge in [-0.1, -0.05) is 17.7 Å². The first-order valence-electron chi connectivity index (χ1n) is 6.70. The smallest absolute Gasteiger partial charge is 0.411 e. The number of carbonyl (C=O) groups excluding carboxylic acids is 2. The van der Waals surface area contributed by atoms with Crippen molar-refractivity contribution in [1.82, 2.24) is 4.90 Å². The minimum absolute atomic E-state index is 0.0162. The Labute approximate surface area is 129 Å². The largest absolute Gasteiger partial charge is 0.444 e. The summed E-state index contributed by atoms with van der Waals surface area (Å²) >= 11 is 5.99. The van der Waals surface area contributed by atoms with Gasteiger partial charge >= 0.3 is 6.09 Å². The monoisotopic (exact) mass is 310 g/mol. The van der Waals surface area contributed by atoms with Gasteiger partial charge in [0.1, 0.15) is 12.1 Å². The van der Waals surface area contributed by atoms with Crippen LogP contribution in [-0.4, -0.2) is 36.1 Å². The zero-order valence-electron chi connectivity index (χ0n) is 12.6. The lowest BCUT2D eigenvalue weighted by atomic mass is 10.1. The molecule has 0 saturated carbocycles. The van der Waals surface area contributed by atoms with Crippen molar-refractivity contribution in [3.63, 3.8) is 0 Å². The summed E-state index contributed by atoms with van der Waals surface area (Å²) in [6, 6.07) is 5.30. The van der Waals surface area contributed by atoms with E-state index < -0.39 is 11.7 Å². The van der Waals surface area contributed by atoms with Crippen molar-refractivity contribution in [3.8, 4) is 0 Å². The molecule has 0 aliphatic carbocycles. The van der Waals surface area contributed by atoms with E-state index in [0.717, 1.165) is 11.3 Å². The second-order valence-electron chi connectivity index (χ2n) is 6.06. The number of hydrogen-bond donors (Lipinski definition) is 0. The van der Waals surface area contributed by atoms with Crippen LogP contribution in [0.4, 0.5) is 10.5 Å². The number of hydrogen-bond acceptors (Lipinski definition) is 3. The number of carbonyl (C=O) groups is 2. The Morgan fingerprint density at radius 2 is 1.95 bits per heavy atom. The summed E-state index contributed by atoms with van der Waals surface area (Å²) in [5.74, 6) is -0.179. The molecular weight excluding hydrogens is 292 g/mol. The Morgan fingerprint density at radius 1 is 1.29 bits per heavy atom. The van der Waals surface area contributed by atoms with E-state index in [1.54, 1.807) is 40.0 Å². The van der Waals surface area contributed by atoms with Gasteiger partial charge in [0.25, 0.3) is 0 Å². The highest BCUT2D eigenvalue weighted by Gasteiger charge is 2.29. The van der Waals surface area contributed by atoms with Crippen molar-refractivity contribution in [2.45, 2.75) is 32.9 Å². The van der Waals surface area contributed by atoms with E-state index in [2.05, 4.69) is 0 Å². The van der Waals surface area contributed by atoms with Gasteiger partial charge in [-0.15, -0.1) is 0 Å². The predicted octanol–water partition coefficient (Wildman–Crippen LogP) is 3.05. The molecule has 6 heteroatoms. The van der Waals surface area contributed by atoms with Crippen LogP contribution >= 0.6 is 11.6 Å². The molecule has 1 aliphatic rings. The van der Waals surface area contributed by atoms with Crippen LogP contribution in [0.1, 0.15) is 26.3 Å². The van der Waals surface area contributed by atoms with Crippen LogP contribution in [0, 0.1) is 0 Å². The van der Waals surface area contributed by atoms with Crippen LogP contribution in [0.2, 0.25) is 5.02 Å². The maximum absolute atomic E-state index is 12.2. The average Bonchev–Trinajstić information content (AvgIpc) is 2.47. The average molecular weight is 311 g/mol. The summed E-state index contributed by atoms with van der Waals surface area (Å²) in [6.45, 7) is 5.69. The van der Waals surface area contributed by atoms with E-state index in [1.807, 2.05) is 6.07 Å². The van der Waals surface area contributed by atoms with E-state index in [9.17, 15) is 9.59 Å². The fourth-order valence-electron chi connectivity index (χ4n) is 2.10. The summed E-state index contributed by atoms with van der Waals surface area (Å²) in [7, 11) is 1.68. The maximum Gasteiger partial charge on any atom is 0.411 e. The predicted molar refractivity (Wildman–Crippen MR) is 81.5 cm³/mol. The van der Waals surface area contributed by atoms with Gasteiger partial charge < -0.3 is 9.64 Å². The molecule has 1 aromatic carbocycles. The SMILES string of the molecule is CN1C(=O)CN(C(=O)OC(C)(C)C)Cc2ccc(Cl)cc21. The molecule has 0 N–H and O–H groups in total. The topological polar surface area (TPSA) is 49.9 Å². The van der Waals surface area contributed by atoms with Gasteiger partial charge in [0.2, 0.25) is 5.91 Å². The van der Waals surface area contributed by atoms with E-state index >= 15 is 0 Å². The molecule has 0 aromatic heterocycles. The number of halogens is 1. The zero-order valence-corrected chi connectivity index (χ0v) is 13.4. The minimum atomic E-state index is -0.596. The fourth-order valence-corrected chi connectivity index (χ4v) is 2.27. The van der Waals surface area contributed by atoms with Crippen molar-refractivity contribution >= 4 is 29.3 Å². The molecule has 0 radical (unpaired) electrons. The third-order valence-electron chi connectivity index (χ3n) is 3.12. The molecule has 0 saturated heterocycles. The number of nitrogens with zero attached hydrogens (tertiary/aromatic N) is 2. The summed E-state index contributed by atoms with van der Waals surface area (Å²) in [4.78, 5) is 27.3. The van der Waals surface area contributed by atoms with Gasteiger partial charge in [-0.25, -0.2) is 4.79 Å². The van der Waals surface area contributed by atoms with Crippen molar-refractivity contribution in [2.75, 3.05) is 18.5 Å². The Kier molecular flexibility index (Phi) is 4.14. The molecule has 0 atom stereocenters. The fraction of sp³-hybridized carbons (Fsp3) is 0.467. The number of anilines is 1. The Bertz CT molecular complexity index is 581. The highest BCUT2D eigenvalue weighted by atomic mass is 35.5. The zero-order chi connectivity index (χ0) is 15.8. The molecule has 2 rings (SSSR count). The van der Waals surface area contributed by atoms with Crippen molar-refractivity contribution in [2.24, 2.45) is 0 Å².